The first-order valence-electron chi connectivity index (χ1n) is 7.21. The first kappa shape index (κ1) is 13.3. The van der Waals surface area contributed by atoms with E-state index in [2.05, 4.69) is 41.2 Å². The fraction of sp³-hybridized carbons (Fsp3) is 0.667. The van der Waals surface area contributed by atoms with Crippen LogP contribution in [0.25, 0.3) is 0 Å². The van der Waals surface area contributed by atoms with Gasteiger partial charge in [0.25, 0.3) is 0 Å². The molecule has 2 rings (SSSR count). The molecule has 0 aromatic carbocycles. The number of piperidine rings is 1. The van der Waals surface area contributed by atoms with Crippen LogP contribution in [0.5, 0.6) is 0 Å². The van der Waals surface area contributed by atoms with Gasteiger partial charge in [0.05, 0.1) is 0 Å². The fourth-order valence-electron chi connectivity index (χ4n) is 2.71. The highest BCUT2D eigenvalue weighted by molar-refractivity contribution is 5.48. The summed E-state index contributed by atoms with van der Waals surface area (Å²) >= 11 is 0. The summed E-state index contributed by atoms with van der Waals surface area (Å²) in [6, 6.07) is 5.00. The molecule has 1 unspecified atom stereocenters. The Labute approximate surface area is 111 Å². The van der Waals surface area contributed by atoms with Gasteiger partial charge in [0, 0.05) is 36.7 Å². The maximum Gasteiger partial charge on any atom is 0.0414 e. The summed E-state index contributed by atoms with van der Waals surface area (Å²) in [6.07, 6.45) is 7.11. The van der Waals surface area contributed by atoms with Crippen molar-refractivity contribution in [1.29, 1.82) is 0 Å². The van der Waals surface area contributed by atoms with E-state index >= 15 is 0 Å². The molecule has 1 atom stereocenters. The molecule has 1 aliphatic rings. The van der Waals surface area contributed by atoms with Crippen LogP contribution in [0, 0.1) is 6.92 Å². The number of nitrogens with one attached hydrogen (secondary N) is 1. The van der Waals surface area contributed by atoms with Crippen molar-refractivity contribution < 1.29 is 0 Å². The maximum atomic E-state index is 4.29. The van der Waals surface area contributed by atoms with Gasteiger partial charge in [-0.15, -0.1) is 0 Å². The maximum absolute atomic E-state index is 4.29. The zero-order valence-electron chi connectivity index (χ0n) is 11.7. The molecule has 1 aromatic heterocycles. The summed E-state index contributed by atoms with van der Waals surface area (Å²) in [7, 11) is 0. The van der Waals surface area contributed by atoms with E-state index < -0.39 is 0 Å². The van der Waals surface area contributed by atoms with Gasteiger partial charge in [0.15, 0.2) is 0 Å². The second kappa shape index (κ2) is 6.74. The smallest absolute Gasteiger partial charge is 0.0414 e. The third-order valence-electron chi connectivity index (χ3n) is 3.65. The number of aryl methyl sites for hydroxylation is 1. The predicted octanol–water partition coefficient (Wildman–Crippen LogP) is 2.75. The van der Waals surface area contributed by atoms with Crippen molar-refractivity contribution in [2.45, 2.75) is 45.6 Å². The Kier molecular flexibility index (Phi) is 5.00. The van der Waals surface area contributed by atoms with Crippen LogP contribution < -0.4 is 10.2 Å². The zero-order valence-corrected chi connectivity index (χ0v) is 11.7. The van der Waals surface area contributed by atoms with Crippen LogP contribution in [0.2, 0.25) is 0 Å². The number of aromatic nitrogens is 1. The minimum absolute atomic E-state index is 0.645. The van der Waals surface area contributed by atoms with Crippen molar-refractivity contribution in [2.24, 2.45) is 0 Å². The van der Waals surface area contributed by atoms with Crippen molar-refractivity contribution in [3.8, 4) is 0 Å². The molecule has 1 saturated heterocycles. The Bertz CT molecular complexity index is 365. The van der Waals surface area contributed by atoms with E-state index in [0.29, 0.717) is 6.04 Å². The lowest BCUT2D eigenvalue weighted by molar-refractivity contribution is 0.435. The molecule has 3 nitrogen and oxygen atoms in total. The molecule has 18 heavy (non-hydrogen) atoms. The molecular formula is C15H25N3. The molecule has 0 saturated carbocycles. The molecule has 0 aliphatic carbocycles. The summed E-state index contributed by atoms with van der Waals surface area (Å²) in [5, 5.41) is 3.56. The van der Waals surface area contributed by atoms with Crippen molar-refractivity contribution in [1.82, 2.24) is 10.3 Å². The predicted molar refractivity (Wildman–Crippen MR) is 77.1 cm³/mol. The summed E-state index contributed by atoms with van der Waals surface area (Å²) in [5.74, 6) is 0. The summed E-state index contributed by atoms with van der Waals surface area (Å²) in [5.41, 5.74) is 2.45. The van der Waals surface area contributed by atoms with Crippen LogP contribution in [0.15, 0.2) is 18.3 Å². The molecule has 0 amide bonds. The molecule has 1 aromatic rings. The number of hydrogen-bond acceptors (Lipinski definition) is 3. The van der Waals surface area contributed by atoms with Gasteiger partial charge in [-0.3, -0.25) is 4.98 Å². The number of pyridine rings is 1. The van der Waals surface area contributed by atoms with E-state index in [1.807, 2.05) is 6.20 Å². The molecule has 0 bridgehead atoms. The van der Waals surface area contributed by atoms with Crippen molar-refractivity contribution in [3.05, 3.63) is 24.0 Å². The molecule has 1 N–H and O–H groups in total. The fourth-order valence-corrected chi connectivity index (χ4v) is 2.71. The van der Waals surface area contributed by atoms with E-state index in [-0.39, 0.29) is 0 Å². The summed E-state index contributed by atoms with van der Waals surface area (Å²) in [4.78, 5) is 6.85. The van der Waals surface area contributed by atoms with E-state index in [1.54, 1.807) is 0 Å². The second-order valence-corrected chi connectivity index (χ2v) is 5.20. The largest absolute Gasteiger partial charge is 0.367 e. The summed E-state index contributed by atoms with van der Waals surface area (Å²) < 4.78 is 0. The highest BCUT2D eigenvalue weighted by Crippen LogP contribution is 2.24. The standard InChI is InChI=1S/C15H25N3/c1-3-8-16-12-15-6-4-5-10-18(15)14-7-9-17-13(2)11-14/h7,9,11,15-16H,3-6,8,10,12H2,1-2H3. The molecule has 3 heteroatoms. The Morgan fingerprint density at radius 1 is 1.44 bits per heavy atom. The van der Waals surface area contributed by atoms with Crippen molar-refractivity contribution >= 4 is 5.69 Å². The molecular weight excluding hydrogens is 222 g/mol. The average molecular weight is 247 g/mol. The van der Waals surface area contributed by atoms with Gasteiger partial charge in [-0.2, -0.15) is 0 Å². The summed E-state index contributed by atoms with van der Waals surface area (Å²) in [6.45, 7) is 7.70. The number of anilines is 1. The Hall–Kier alpha value is -1.09. The molecule has 100 valence electrons. The Morgan fingerprint density at radius 3 is 3.11 bits per heavy atom. The third kappa shape index (κ3) is 3.45. The third-order valence-corrected chi connectivity index (χ3v) is 3.65. The van der Waals surface area contributed by atoms with Gasteiger partial charge in [-0.05, 0) is 51.3 Å². The normalized spacial score (nSPS) is 20.1. The van der Waals surface area contributed by atoms with Crippen molar-refractivity contribution in [3.63, 3.8) is 0 Å². The highest BCUT2D eigenvalue weighted by Gasteiger charge is 2.22. The topological polar surface area (TPSA) is 28.2 Å². The van der Waals surface area contributed by atoms with Gasteiger partial charge >= 0.3 is 0 Å². The molecule has 2 heterocycles. The lowest BCUT2D eigenvalue weighted by Gasteiger charge is -2.38. The van der Waals surface area contributed by atoms with Crippen LogP contribution in [-0.2, 0) is 0 Å². The lowest BCUT2D eigenvalue weighted by Crippen LogP contribution is -2.45. The Balaban J connectivity index is 2.03. The second-order valence-electron chi connectivity index (χ2n) is 5.20. The van der Waals surface area contributed by atoms with Gasteiger partial charge in [-0.25, -0.2) is 0 Å². The SMILES string of the molecule is CCCNCC1CCCCN1c1ccnc(C)c1. The molecule has 0 radical (unpaired) electrons. The molecule has 1 fully saturated rings. The van der Waals surface area contributed by atoms with Gasteiger partial charge in [-0.1, -0.05) is 6.92 Å². The van der Waals surface area contributed by atoms with Gasteiger partial charge in [0.1, 0.15) is 0 Å². The van der Waals surface area contributed by atoms with Gasteiger partial charge in [0.2, 0.25) is 0 Å². The van der Waals surface area contributed by atoms with E-state index in [4.69, 9.17) is 0 Å². The minimum Gasteiger partial charge on any atom is -0.367 e. The van der Waals surface area contributed by atoms with Gasteiger partial charge < -0.3 is 10.2 Å². The number of rotatable bonds is 5. The average Bonchev–Trinajstić information content (AvgIpc) is 2.40. The monoisotopic (exact) mass is 247 g/mol. The zero-order chi connectivity index (χ0) is 12.8. The molecule has 1 aliphatic heterocycles. The first-order valence-corrected chi connectivity index (χ1v) is 7.21. The number of nitrogens with zero attached hydrogens (tertiary/aromatic N) is 2. The van der Waals surface area contributed by atoms with E-state index in [1.165, 1.54) is 37.9 Å². The highest BCUT2D eigenvalue weighted by atomic mass is 15.2. The quantitative estimate of drug-likeness (QED) is 0.811. The minimum atomic E-state index is 0.645. The van der Waals surface area contributed by atoms with Crippen LogP contribution in [0.4, 0.5) is 5.69 Å². The van der Waals surface area contributed by atoms with Crippen molar-refractivity contribution in [2.75, 3.05) is 24.5 Å². The molecule has 0 spiro atoms. The van der Waals surface area contributed by atoms with Crippen LogP contribution in [0.3, 0.4) is 0 Å². The number of hydrogen-bond donors (Lipinski definition) is 1. The lowest BCUT2D eigenvalue weighted by atomic mass is 10.0. The van der Waals surface area contributed by atoms with Crippen LogP contribution >= 0.6 is 0 Å². The van der Waals surface area contributed by atoms with Crippen LogP contribution in [0.1, 0.15) is 38.3 Å². The first-order chi connectivity index (χ1) is 8.81. The van der Waals surface area contributed by atoms with E-state index in [0.717, 1.165) is 18.8 Å². The van der Waals surface area contributed by atoms with Crippen LogP contribution in [-0.4, -0.2) is 30.7 Å². The van der Waals surface area contributed by atoms with E-state index in [9.17, 15) is 0 Å². The Morgan fingerprint density at radius 2 is 2.33 bits per heavy atom.